The maximum Gasteiger partial charge on any atom is 0.175 e. The number of aryl methyl sites for hydroxylation is 1. The molecule has 5 heteroatoms. The first-order valence-corrected chi connectivity index (χ1v) is 10.2. The van der Waals surface area contributed by atoms with Gasteiger partial charge in [0.25, 0.3) is 0 Å². The minimum atomic E-state index is 0.565. The lowest BCUT2D eigenvalue weighted by molar-refractivity contribution is 1.37. The van der Waals surface area contributed by atoms with Crippen molar-refractivity contribution in [1.82, 2.24) is 4.98 Å². The first kappa shape index (κ1) is 18.3. The number of thiocarbonyl (C=S) groups is 1. The van der Waals surface area contributed by atoms with Crippen molar-refractivity contribution in [2.75, 3.05) is 10.6 Å². The summed E-state index contributed by atoms with van der Waals surface area (Å²) in [7, 11) is 0. The van der Waals surface area contributed by atoms with Crippen molar-refractivity contribution in [3.63, 3.8) is 0 Å². The SMILES string of the molecule is Cc1sc(-c2ccccc2)nc1-c1ccc(NC(=S)Nc2ccccc2)cc1. The molecule has 4 rings (SSSR count). The predicted molar refractivity (Wildman–Crippen MR) is 124 cm³/mol. The molecule has 3 aromatic carbocycles. The van der Waals surface area contributed by atoms with Gasteiger partial charge in [0.05, 0.1) is 5.69 Å². The van der Waals surface area contributed by atoms with Crippen molar-refractivity contribution in [1.29, 1.82) is 0 Å². The summed E-state index contributed by atoms with van der Waals surface area (Å²) in [6.45, 7) is 2.12. The van der Waals surface area contributed by atoms with Crippen LogP contribution in [0.25, 0.3) is 21.8 Å². The topological polar surface area (TPSA) is 37.0 Å². The van der Waals surface area contributed by atoms with Gasteiger partial charge in [0.1, 0.15) is 5.01 Å². The highest BCUT2D eigenvalue weighted by atomic mass is 32.1. The minimum Gasteiger partial charge on any atom is -0.332 e. The third kappa shape index (κ3) is 4.27. The molecule has 0 bridgehead atoms. The molecule has 0 aliphatic carbocycles. The summed E-state index contributed by atoms with van der Waals surface area (Å²) in [5.74, 6) is 0. The van der Waals surface area contributed by atoms with Gasteiger partial charge in [0.2, 0.25) is 0 Å². The van der Waals surface area contributed by atoms with Crippen molar-refractivity contribution in [2.24, 2.45) is 0 Å². The summed E-state index contributed by atoms with van der Waals surface area (Å²) in [6.07, 6.45) is 0. The number of nitrogens with zero attached hydrogens (tertiary/aromatic N) is 1. The number of para-hydroxylation sites is 1. The van der Waals surface area contributed by atoms with Crippen LogP contribution >= 0.6 is 23.6 Å². The molecule has 0 spiro atoms. The number of anilines is 2. The van der Waals surface area contributed by atoms with Gasteiger partial charge in [-0.1, -0.05) is 60.7 Å². The fraction of sp³-hybridized carbons (Fsp3) is 0.0435. The van der Waals surface area contributed by atoms with E-state index in [0.717, 1.165) is 33.2 Å². The summed E-state index contributed by atoms with van der Waals surface area (Å²) in [6, 6.07) is 28.4. The Morgan fingerprint density at radius 2 is 1.32 bits per heavy atom. The molecule has 28 heavy (non-hydrogen) atoms. The summed E-state index contributed by atoms with van der Waals surface area (Å²) < 4.78 is 0. The van der Waals surface area contributed by atoms with Crippen LogP contribution in [0.4, 0.5) is 11.4 Å². The Hall–Kier alpha value is -3.02. The molecule has 0 fully saturated rings. The van der Waals surface area contributed by atoms with Crippen molar-refractivity contribution in [3.8, 4) is 21.8 Å². The van der Waals surface area contributed by atoms with Crippen LogP contribution in [0.3, 0.4) is 0 Å². The van der Waals surface area contributed by atoms with E-state index in [1.165, 1.54) is 4.88 Å². The second-order valence-electron chi connectivity index (χ2n) is 6.31. The third-order valence-electron chi connectivity index (χ3n) is 4.27. The lowest BCUT2D eigenvalue weighted by Gasteiger charge is -2.11. The zero-order valence-corrected chi connectivity index (χ0v) is 17.0. The molecule has 1 aromatic heterocycles. The molecule has 0 saturated heterocycles. The number of rotatable bonds is 4. The highest BCUT2D eigenvalue weighted by molar-refractivity contribution is 7.80. The highest BCUT2D eigenvalue weighted by Gasteiger charge is 2.11. The molecule has 0 atom stereocenters. The molecule has 0 amide bonds. The Kier molecular flexibility index (Phi) is 5.46. The number of hydrogen-bond donors (Lipinski definition) is 2. The molecule has 1 heterocycles. The number of thiazole rings is 1. The van der Waals surface area contributed by atoms with Crippen molar-refractivity contribution < 1.29 is 0 Å². The van der Waals surface area contributed by atoms with Crippen LogP contribution in [-0.4, -0.2) is 10.1 Å². The predicted octanol–water partition coefficient (Wildman–Crippen LogP) is 6.59. The summed E-state index contributed by atoms with van der Waals surface area (Å²) >= 11 is 7.11. The van der Waals surface area contributed by atoms with Gasteiger partial charge in [-0.05, 0) is 43.4 Å². The molecular formula is C23H19N3S2. The Morgan fingerprint density at radius 1 is 0.750 bits per heavy atom. The quantitative estimate of drug-likeness (QED) is 0.378. The Balaban J connectivity index is 1.48. The van der Waals surface area contributed by atoms with Gasteiger partial charge in [0, 0.05) is 27.4 Å². The molecule has 0 unspecified atom stereocenters. The smallest absolute Gasteiger partial charge is 0.175 e. The van der Waals surface area contributed by atoms with Gasteiger partial charge in [-0.15, -0.1) is 11.3 Å². The van der Waals surface area contributed by atoms with Crippen LogP contribution in [0.1, 0.15) is 4.88 Å². The third-order valence-corrected chi connectivity index (χ3v) is 5.49. The Bertz CT molecular complexity index is 1070. The van der Waals surface area contributed by atoms with Gasteiger partial charge in [-0.2, -0.15) is 0 Å². The molecule has 0 radical (unpaired) electrons. The van der Waals surface area contributed by atoms with E-state index in [9.17, 15) is 0 Å². The standard InChI is InChI=1S/C23H19N3S2/c1-16-21(26-22(28-16)18-8-4-2-5-9-18)17-12-14-20(15-13-17)25-23(27)24-19-10-6-3-7-11-19/h2-15H,1H3,(H2,24,25,27). The summed E-state index contributed by atoms with van der Waals surface area (Å²) in [5, 5.41) is 8.00. The average Bonchev–Trinajstić information content (AvgIpc) is 3.12. The van der Waals surface area contributed by atoms with E-state index in [1.807, 2.05) is 60.7 Å². The van der Waals surface area contributed by atoms with Crippen LogP contribution in [-0.2, 0) is 0 Å². The largest absolute Gasteiger partial charge is 0.332 e. The van der Waals surface area contributed by atoms with E-state index in [-0.39, 0.29) is 0 Å². The zero-order valence-electron chi connectivity index (χ0n) is 15.3. The fourth-order valence-electron chi connectivity index (χ4n) is 2.89. The van der Waals surface area contributed by atoms with Crippen LogP contribution in [0.15, 0.2) is 84.9 Å². The van der Waals surface area contributed by atoms with Crippen LogP contribution < -0.4 is 10.6 Å². The Morgan fingerprint density at radius 3 is 1.96 bits per heavy atom. The van der Waals surface area contributed by atoms with E-state index in [0.29, 0.717) is 5.11 Å². The molecule has 2 N–H and O–H groups in total. The van der Waals surface area contributed by atoms with Gasteiger partial charge in [0.15, 0.2) is 5.11 Å². The minimum absolute atomic E-state index is 0.565. The maximum absolute atomic E-state index is 5.39. The van der Waals surface area contributed by atoms with Crippen LogP contribution in [0, 0.1) is 6.92 Å². The van der Waals surface area contributed by atoms with Crippen LogP contribution in [0.5, 0.6) is 0 Å². The van der Waals surface area contributed by atoms with E-state index >= 15 is 0 Å². The van der Waals surface area contributed by atoms with Gasteiger partial charge in [-0.3, -0.25) is 0 Å². The van der Waals surface area contributed by atoms with E-state index in [1.54, 1.807) is 11.3 Å². The molecule has 0 aliphatic rings. The lowest BCUT2D eigenvalue weighted by atomic mass is 10.1. The number of benzene rings is 3. The monoisotopic (exact) mass is 401 g/mol. The summed E-state index contributed by atoms with van der Waals surface area (Å²) in [5.41, 5.74) is 5.18. The van der Waals surface area contributed by atoms with E-state index in [4.69, 9.17) is 17.2 Å². The molecule has 0 saturated carbocycles. The number of hydrogen-bond acceptors (Lipinski definition) is 3. The fourth-order valence-corrected chi connectivity index (χ4v) is 4.07. The number of aromatic nitrogens is 1. The number of nitrogens with one attached hydrogen (secondary N) is 2. The van der Waals surface area contributed by atoms with Crippen molar-refractivity contribution in [2.45, 2.75) is 6.92 Å². The van der Waals surface area contributed by atoms with Gasteiger partial charge in [-0.25, -0.2) is 4.98 Å². The highest BCUT2D eigenvalue weighted by Crippen LogP contribution is 2.33. The van der Waals surface area contributed by atoms with Gasteiger partial charge >= 0.3 is 0 Å². The second-order valence-corrected chi connectivity index (χ2v) is 7.92. The molecular weight excluding hydrogens is 382 g/mol. The lowest BCUT2D eigenvalue weighted by Crippen LogP contribution is -2.18. The van der Waals surface area contributed by atoms with Crippen molar-refractivity contribution in [3.05, 3.63) is 89.8 Å². The summed E-state index contributed by atoms with van der Waals surface area (Å²) in [4.78, 5) is 6.07. The molecule has 0 aliphatic heterocycles. The molecule has 4 aromatic rings. The Labute approximate surface area is 174 Å². The van der Waals surface area contributed by atoms with E-state index < -0.39 is 0 Å². The van der Waals surface area contributed by atoms with Crippen LogP contribution in [0.2, 0.25) is 0 Å². The van der Waals surface area contributed by atoms with E-state index in [2.05, 4.69) is 41.8 Å². The second kappa shape index (κ2) is 8.33. The van der Waals surface area contributed by atoms with Crippen molar-refractivity contribution >= 4 is 40.0 Å². The first-order chi connectivity index (χ1) is 13.7. The zero-order chi connectivity index (χ0) is 19.3. The molecule has 138 valence electrons. The maximum atomic E-state index is 5.39. The molecule has 3 nitrogen and oxygen atoms in total. The normalized spacial score (nSPS) is 10.5. The first-order valence-electron chi connectivity index (χ1n) is 8.95. The van der Waals surface area contributed by atoms with Gasteiger partial charge < -0.3 is 10.6 Å². The average molecular weight is 402 g/mol.